The Morgan fingerprint density at radius 2 is 1.82 bits per heavy atom. The number of hydrogen-bond donors (Lipinski definition) is 0. The van der Waals surface area contributed by atoms with E-state index in [2.05, 4.69) is 45.4 Å². The van der Waals surface area contributed by atoms with Gasteiger partial charge in [-0.3, -0.25) is 4.90 Å². The highest BCUT2D eigenvalue weighted by Gasteiger charge is 2.07. The largest absolute Gasteiger partial charge is 0.298 e. The fourth-order valence-corrected chi connectivity index (χ4v) is 0.845. The van der Waals surface area contributed by atoms with Gasteiger partial charge in [-0.15, -0.1) is 0 Å². The number of likely N-dealkylation sites (N-methyl/N-ethyl adjacent to an activating group) is 1. The summed E-state index contributed by atoms with van der Waals surface area (Å²) in [6, 6.07) is 1.09. The highest BCUT2D eigenvalue weighted by atomic mass is 15.1. The molecule has 0 saturated carbocycles. The molecule has 11 heavy (non-hydrogen) atoms. The van der Waals surface area contributed by atoms with Crippen LogP contribution in [-0.2, 0) is 0 Å². The maximum Gasteiger partial charge on any atom is 0.0252 e. The molecule has 0 heterocycles. The molecule has 0 aliphatic heterocycles. The van der Waals surface area contributed by atoms with E-state index in [0.717, 1.165) is 0 Å². The molecule has 0 aromatic rings. The zero-order valence-electron chi connectivity index (χ0n) is 8.04. The second-order valence-corrected chi connectivity index (χ2v) is 3.12. The maximum atomic E-state index is 3.63. The first kappa shape index (κ1) is 10.4. The van der Waals surface area contributed by atoms with Crippen molar-refractivity contribution in [2.45, 2.75) is 32.9 Å². The number of nitrogens with zero attached hydrogens (tertiary/aromatic N) is 1. The SMILES string of the molecule is C=C/C=C\C(C)N(C)C(C)C. The third kappa shape index (κ3) is 3.99. The standard InChI is InChI=1S/C10H19N/c1-6-7-8-10(4)11(5)9(2)3/h6-10H,1H2,2-5H3/b8-7-. The summed E-state index contributed by atoms with van der Waals surface area (Å²) < 4.78 is 0. The topological polar surface area (TPSA) is 3.24 Å². The number of hydrogen-bond acceptors (Lipinski definition) is 1. The molecule has 0 aliphatic rings. The Kier molecular flexibility index (Phi) is 4.88. The molecule has 1 atom stereocenters. The molecule has 1 nitrogen and oxygen atoms in total. The summed E-state index contributed by atoms with van der Waals surface area (Å²) in [6.45, 7) is 10.2. The van der Waals surface area contributed by atoms with Crippen LogP contribution in [0.1, 0.15) is 20.8 Å². The molecule has 0 aliphatic carbocycles. The Hall–Kier alpha value is -0.560. The van der Waals surface area contributed by atoms with Gasteiger partial charge in [0.25, 0.3) is 0 Å². The Morgan fingerprint density at radius 3 is 2.18 bits per heavy atom. The van der Waals surface area contributed by atoms with Gasteiger partial charge in [-0.2, -0.15) is 0 Å². The van der Waals surface area contributed by atoms with Gasteiger partial charge in [-0.1, -0.05) is 24.8 Å². The normalized spacial score (nSPS) is 14.7. The van der Waals surface area contributed by atoms with E-state index in [-0.39, 0.29) is 0 Å². The molecule has 0 aromatic carbocycles. The summed E-state index contributed by atoms with van der Waals surface area (Å²) in [6.07, 6.45) is 5.95. The third-order valence-corrected chi connectivity index (χ3v) is 1.98. The zero-order valence-corrected chi connectivity index (χ0v) is 8.04. The van der Waals surface area contributed by atoms with Gasteiger partial charge < -0.3 is 0 Å². The van der Waals surface area contributed by atoms with Crippen LogP contribution in [0.3, 0.4) is 0 Å². The molecule has 0 spiro atoms. The van der Waals surface area contributed by atoms with E-state index in [1.165, 1.54) is 0 Å². The predicted octanol–water partition coefficient (Wildman–Crippen LogP) is 2.46. The summed E-state index contributed by atoms with van der Waals surface area (Å²) in [5.41, 5.74) is 0. The predicted molar refractivity (Wildman–Crippen MR) is 51.7 cm³/mol. The van der Waals surface area contributed by atoms with Crippen molar-refractivity contribution in [1.29, 1.82) is 0 Å². The average molecular weight is 153 g/mol. The molecular formula is C10H19N. The van der Waals surface area contributed by atoms with Crippen LogP contribution in [0.4, 0.5) is 0 Å². The third-order valence-electron chi connectivity index (χ3n) is 1.98. The quantitative estimate of drug-likeness (QED) is 0.561. The second kappa shape index (κ2) is 5.14. The van der Waals surface area contributed by atoms with Gasteiger partial charge in [0.05, 0.1) is 0 Å². The van der Waals surface area contributed by atoms with E-state index in [4.69, 9.17) is 0 Å². The Balaban J connectivity index is 3.91. The van der Waals surface area contributed by atoms with Crippen molar-refractivity contribution in [1.82, 2.24) is 4.90 Å². The van der Waals surface area contributed by atoms with Crippen LogP contribution in [-0.4, -0.2) is 24.0 Å². The van der Waals surface area contributed by atoms with Crippen LogP contribution < -0.4 is 0 Å². The minimum atomic E-state index is 0.494. The van der Waals surface area contributed by atoms with Crippen molar-refractivity contribution in [3.8, 4) is 0 Å². The summed E-state index contributed by atoms with van der Waals surface area (Å²) in [5, 5.41) is 0. The van der Waals surface area contributed by atoms with E-state index in [1.54, 1.807) is 0 Å². The monoisotopic (exact) mass is 153 g/mol. The summed E-state index contributed by atoms with van der Waals surface area (Å²) in [4.78, 5) is 2.31. The lowest BCUT2D eigenvalue weighted by molar-refractivity contribution is 0.241. The lowest BCUT2D eigenvalue weighted by Crippen LogP contribution is -2.33. The first-order valence-electron chi connectivity index (χ1n) is 4.10. The first-order valence-corrected chi connectivity index (χ1v) is 4.10. The van der Waals surface area contributed by atoms with Gasteiger partial charge in [0, 0.05) is 12.1 Å². The van der Waals surface area contributed by atoms with Gasteiger partial charge in [0.2, 0.25) is 0 Å². The van der Waals surface area contributed by atoms with E-state index in [1.807, 2.05) is 12.2 Å². The fourth-order valence-electron chi connectivity index (χ4n) is 0.845. The number of rotatable bonds is 4. The van der Waals surface area contributed by atoms with Crippen molar-refractivity contribution in [3.05, 3.63) is 24.8 Å². The van der Waals surface area contributed by atoms with Crippen LogP contribution in [0.15, 0.2) is 24.8 Å². The van der Waals surface area contributed by atoms with Crippen molar-refractivity contribution >= 4 is 0 Å². The zero-order chi connectivity index (χ0) is 8.85. The molecule has 1 heteroatoms. The van der Waals surface area contributed by atoms with Crippen LogP contribution in [0.2, 0.25) is 0 Å². The minimum absolute atomic E-state index is 0.494. The first-order chi connectivity index (χ1) is 5.09. The van der Waals surface area contributed by atoms with Crippen LogP contribution >= 0.6 is 0 Å². The molecule has 0 fully saturated rings. The van der Waals surface area contributed by atoms with E-state index in [9.17, 15) is 0 Å². The lowest BCUT2D eigenvalue weighted by Gasteiger charge is -2.25. The highest BCUT2D eigenvalue weighted by molar-refractivity contribution is 5.02. The molecule has 0 bridgehead atoms. The van der Waals surface area contributed by atoms with Gasteiger partial charge in [0.1, 0.15) is 0 Å². The molecule has 0 saturated heterocycles. The van der Waals surface area contributed by atoms with Crippen molar-refractivity contribution in [3.63, 3.8) is 0 Å². The molecule has 0 radical (unpaired) electrons. The highest BCUT2D eigenvalue weighted by Crippen LogP contribution is 2.02. The van der Waals surface area contributed by atoms with Gasteiger partial charge in [-0.05, 0) is 27.8 Å². The Labute approximate surface area is 70.4 Å². The van der Waals surface area contributed by atoms with Crippen molar-refractivity contribution in [2.75, 3.05) is 7.05 Å². The Morgan fingerprint density at radius 1 is 1.27 bits per heavy atom. The van der Waals surface area contributed by atoms with Gasteiger partial charge >= 0.3 is 0 Å². The second-order valence-electron chi connectivity index (χ2n) is 3.12. The lowest BCUT2D eigenvalue weighted by atomic mass is 10.2. The number of allylic oxidation sites excluding steroid dienone is 2. The van der Waals surface area contributed by atoms with Crippen LogP contribution in [0.5, 0.6) is 0 Å². The molecule has 0 amide bonds. The molecule has 0 aromatic heterocycles. The van der Waals surface area contributed by atoms with Crippen molar-refractivity contribution in [2.24, 2.45) is 0 Å². The molecule has 0 rings (SSSR count). The minimum Gasteiger partial charge on any atom is -0.298 e. The van der Waals surface area contributed by atoms with Gasteiger partial charge in [-0.25, -0.2) is 0 Å². The van der Waals surface area contributed by atoms with Crippen molar-refractivity contribution < 1.29 is 0 Å². The molecule has 1 unspecified atom stereocenters. The van der Waals surface area contributed by atoms with E-state index >= 15 is 0 Å². The summed E-state index contributed by atoms with van der Waals surface area (Å²) in [7, 11) is 2.13. The molecule has 64 valence electrons. The summed E-state index contributed by atoms with van der Waals surface area (Å²) in [5.74, 6) is 0. The summed E-state index contributed by atoms with van der Waals surface area (Å²) >= 11 is 0. The molecular weight excluding hydrogens is 134 g/mol. The van der Waals surface area contributed by atoms with Crippen LogP contribution in [0.25, 0.3) is 0 Å². The fraction of sp³-hybridized carbons (Fsp3) is 0.600. The maximum absolute atomic E-state index is 3.63. The van der Waals surface area contributed by atoms with E-state index < -0.39 is 0 Å². The molecule has 0 N–H and O–H groups in total. The Bertz CT molecular complexity index is 136. The van der Waals surface area contributed by atoms with E-state index in [0.29, 0.717) is 12.1 Å². The smallest absolute Gasteiger partial charge is 0.0252 e. The van der Waals surface area contributed by atoms with Gasteiger partial charge in [0.15, 0.2) is 0 Å². The average Bonchev–Trinajstić information content (AvgIpc) is 1.98. The van der Waals surface area contributed by atoms with Crippen LogP contribution in [0, 0.1) is 0 Å².